The fourth-order valence-corrected chi connectivity index (χ4v) is 3.17. The number of anilines is 1. The summed E-state index contributed by atoms with van der Waals surface area (Å²) in [6, 6.07) is 10.0. The van der Waals surface area contributed by atoms with Crippen LogP contribution in [0.4, 0.5) is 10.1 Å². The van der Waals surface area contributed by atoms with Crippen LogP contribution in [0.3, 0.4) is 0 Å². The number of hydrogen-bond acceptors (Lipinski definition) is 3. The minimum absolute atomic E-state index is 0.0881. The van der Waals surface area contributed by atoms with E-state index in [4.69, 9.17) is 9.47 Å². The van der Waals surface area contributed by atoms with Crippen LogP contribution in [0, 0.1) is 5.82 Å². The van der Waals surface area contributed by atoms with Crippen molar-refractivity contribution in [2.45, 2.75) is 18.3 Å². The Morgan fingerprint density at radius 2 is 1.91 bits per heavy atom. The molecule has 0 saturated heterocycles. The van der Waals surface area contributed by atoms with E-state index in [9.17, 15) is 9.18 Å². The molecule has 2 aromatic rings. The lowest BCUT2D eigenvalue weighted by Crippen LogP contribution is -2.27. The number of carbonyl (C=O) groups is 1. The SMILES string of the molecule is O=C(Nc1ccc(F)c(Br)c1)C1(c2ccc3c(c2)OCO3)CC1. The van der Waals surface area contributed by atoms with Crippen molar-refractivity contribution in [3.63, 3.8) is 0 Å². The molecule has 1 fully saturated rings. The van der Waals surface area contributed by atoms with Gasteiger partial charge in [0, 0.05) is 5.69 Å². The first kappa shape index (κ1) is 14.5. The van der Waals surface area contributed by atoms with E-state index in [0.717, 1.165) is 18.4 Å². The quantitative estimate of drug-likeness (QED) is 0.879. The number of halogens is 2. The Morgan fingerprint density at radius 1 is 1.13 bits per heavy atom. The van der Waals surface area contributed by atoms with Gasteiger partial charge in [0.1, 0.15) is 5.82 Å². The Hall–Kier alpha value is -2.08. The third-order valence-electron chi connectivity index (χ3n) is 4.29. The minimum atomic E-state index is -0.540. The molecule has 0 bridgehead atoms. The van der Waals surface area contributed by atoms with Crippen molar-refractivity contribution in [2.24, 2.45) is 0 Å². The standard InChI is InChI=1S/C17H13BrFNO3/c18-12-8-11(2-3-13(12)19)20-16(21)17(5-6-17)10-1-4-14-15(7-10)23-9-22-14/h1-4,7-8H,5-6,9H2,(H,20,21). The summed E-state index contributed by atoms with van der Waals surface area (Å²) in [5, 5.41) is 2.87. The molecule has 23 heavy (non-hydrogen) atoms. The highest BCUT2D eigenvalue weighted by atomic mass is 79.9. The van der Waals surface area contributed by atoms with Gasteiger partial charge in [0.25, 0.3) is 0 Å². The van der Waals surface area contributed by atoms with Crippen LogP contribution in [-0.4, -0.2) is 12.7 Å². The molecule has 2 aliphatic rings. The Morgan fingerprint density at radius 3 is 2.65 bits per heavy atom. The second-order valence-corrected chi connectivity index (χ2v) is 6.59. The molecule has 1 N–H and O–H groups in total. The smallest absolute Gasteiger partial charge is 0.235 e. The number of carbonyl (C=O) groups excluding carboxylic acids is 1. The van der Waals surface area contributed by atoms with Gasteiger partial charge in [-0.1, -0.05) is 6.07 Å². The predicted octanol–water partition coefficient (Wildman–Crippen LogP) is 3.99. The summed E-state index contributed by atoms with van der Waals surface area (Å²) < 4.78 is 24.3. The van der Waals surface area contributed by atoms with Crippen LogP contribution in [0.1, 0.15) is 18.4 Å². The normalized spacial score (nSPS) is 17.0. The van der Waals surface area contributed by atoms with Gasteiger partial charge in [-0.05, 0) is 64.7 Å². The maximum Gasteiger partial charge on any atom is 0.235 e. The highest BCUT2D eigenvalue weighted by Gasteiger charge is 2.51. The first-order chi connectivity index (χ1) is 11.1. The van der Waals surface area contributed by atoms with Crippen molar-refractivity contribution in [3.8, 4) is 11.5 Å². The summed E-state index contributed by atoms with van der Waals surface area (Å²) in [4.78, 5) is 12.7. The molecule has 0 aromatic heterocycles. The van der Waals surface area contributed by atoms with E-state index in [1.807, 2.05) is 18.2 Å². The predicted molar refractivity (Wildman–Crippen MR) is 86.2 cm³/mol. The maximum absolute atomic E-state index is 13.3. The van der Waals surface area contributed by atoms with Gasteiger partial charge in [-0.2, -0.15) is 0 Å². The van der Waals surface area contributed by atoms with Crippen LogP contribution in [-0.2, 0) is 10.2 Å². The van der Waals surface area contributed by atoms with E-state index in [-0.39, 0.29) is 18.5 Å². The molecule has 0 unspecified atom stereocenters. The molecule has 118 valence electrons. The Kier molecular flexibility index (Phi) is 3.30. The van der Waals surface area contributed by atoms with Crippen LogP contribution in [0.15, 0.2) is 40.9 Å². The molecule has 4 rings (SSSR count). The van der Waals surface area contributed by atoms with Crippen LogP contribution < -0.4 is 14.8 Å². The van der Waals surface area contributed by atoms with Crippen molar-refractivity contribution in [3.05, 3.63) is 52.3 Å². The summed E-state index contributed by atoms with van der Waals surface area (Å²) in [5.41, 5.74) is 0.942. The van der Waals surface area contributed by atoms with Crippen molar-refractivity contribution in [1.82, 2.24) is 0 Å². The first-order valence-electron chi connectivity index (χ1n) is 7.25. The molecule has 0 spiro atoms. The van der Waals surface area contributed by atoms with Gasteiger partial charge in [0.2, 0.25) is 12.7 Å². The number of amides is 1. The van der Waals surface area contributed by atoms with Crippen LogP contribution in [0.5, 0.6) is 11.5 Å². The van der Waals surface area contributed by atoms with Crippen LogP contribution in [0.25, 0.3) is 0 Å². The number of ether oxygens (including phenoxy) is 2. The van der Waals surface area contributed by atoms with E-state index in [1.165, 1.54) is 6.07 Å². The zero-order valence-electron chi connectivity index (χ0n) is 12.1. The van der Waals surface area contributed by atoms with Crippen LogP contribution in [0.2, 0.25) is 0 Å². The van der Waals surface area contributed by atoms with Crippen molar-refractivity contribution < 1.29 is 18.7 Å². The number of rotatable bonds is 3. The molecule has 4 nitrogen and oxygen atoms in total. The monoisotopic (exact) mass is 377 g/mol. The lowest BCUT2D eigenvalue weighted by Gasteiger charge is -2.16. The van der Waals surface area contributed by atoms with Gasteiger partial charge in [-0.3, -0.25) is 4.79 Å². The first-order valence-corrected chi connectivity index (χ1v) is 8.04. The minimum Gasteiger partial charge on any atom is -0.454 e. The molecule has 1 aliphatic carbocycles. The van der Waals surface area contributed by atoms with E-state index >= 15 is 0 Å². The largest absolute Gasteiger partial charge is 0.454 e. The molecule has 1 heterocycles. The molecule has 6 heteroatoms. The average Bonchev–Trinajstić information content (AvgIpc) is 3.22. The van der Waals surface area contributed by atoms with E-state index in [0.29, 0.717) is 21.7 Å². The van der Waals surface area contributed by atoms with Crippen molar-refractivity contribution in [2.75, 3.05) is 12.1 Å². The molecule has 1 amide bonds. The number of nitrogens with one attached hydrogen (secondary N) is 1. The van der Waals surface area contributed by atoms with E-state index in [2.05, 4.69) is 21.2 Å². The Labute approximate surface area is 140 Å². The third-order valence-corrected chi connectivity index (χ3v) is 4.89. The topological polar surface area (TPSA) is 47.6 Å². The number of hydrogen-bond donors (Lipinski definition) is 1. The van der Waals surface area contributed by atoms with Crippen molar-refractivity contribution >= 4 is 27.5 Å². The fraction of sp³-hybridized carbons (Fsp3) is 0.235. The maximum atomic E-state index is 13.3. The Balaban J connectivity index is 1.59. The molecule has 0 radical (unpaired) electrons. The molecule has 1 saturated carbocycles. The van der Waals surface area contributed by atoms with Gasteiger partial charge < -0.3 is 14.8 Å². The number of benzene rings is 2. The molecular formula is C17H13BrFNO3. The molecule has 1 aliphatic heterocycles. The molecule has 2 aromatic carbocycles. The second-order valence-electron chi connectivity index (χ2n) is 5.73. The van der Waals surface area contributed by atoms with Crippen LogP contribution >= 0.6 is 15.9 Å². The van der Waals surface area contributed by atoms with Gasteiger partial charge >= 0.3 is 0 Å². The van der Waals surface area contributed by atoms with Gasteiger partial charge in [0.05, 0.1) is 9.89 Å². The summed E-state index contributed by atoms with van der Waals surface area (Å²) in [6.45, 7) is 0.210. The lowest BCUT2D eigenvalue weighted by molar-refractivity contribution is -0.118. The van der Waals surface area contributed by atoms with Gasteiger partial charge in [0.15, 0.2) is 11.5 Å². The van der Waals surface area contributed by atoms with Gasteiger partial charge in [-0.25, -0.2) is 4.39 Å². The average molecular weight is 378 g/mol. The summed E-state index contributed by atoms with van der Waals surface area (Å²) >= 11 is 3.12. The molecule has 0 atom stereocenters. The highest BCUT2D eigenvalue weighted by Crippen LogP contribution is 2.51. The van der Waals surface area contributed by atoms with E-state index < -0.39 is 5.41 Å². The van der Waals surface area contributed by atoms with Crippen molar-refractivity contribution in [1.29, 1.82) is 0 Å². The Bertz CT molecular complexity index is 804. The van der Waals surface area contributed by atoms with Gasteiger partial charge in [-0.15, -0.1) is 0 Å². The molecular weight excluding hydrogens is 365 g/mol. The van der Waals surface area contributed by atoms with E-state index in [1.54, 1.807) is 12.1 Å². The fourth-order valence-electron chi connectivity index (χ4n) is 2.79. The summed E-state index contributed by atoms with van der Waals surface area (Å²) in [7, 11) is 0. The highest BCUT2D eigenvalue weighted by molar-refractivity contribution is 9.10. The zero-order chi connectivity index (χ0) is 16.0. The lowest BCUT2D eigenvalue weighted by atomic mass is 9.94. The number of fused-ring (bicyclic) bond motifs is 1. The summed E-state index contributed by atoms with van der Waals surface area (Å²) in [6.07, 6.45) is 1.56. The summed E-state index contributed by atoms with van der Waals surface area (Å²) in [5.74, 6) is 0.924. The third kappa shape index (κ3) is 2.47. The second kappa shape index (κ2) is 5.23. The zero-order valence-corrected chi connectivity index (χ0v) is 13.7.